The number of thioether (sulfide) groups is 1. The molecule has 27 heavy (non-hydrogen) atoms. The highest BCUT2D eigenvalue weighted by Crippen LogP contribution is 2.37. The van der Waals surface area contributed by atoms with Gasteiger partial charge in [0.2, 0.25) is 6.79 Å². The molecule has 8 heteroatoms. The number of amidine groups is 1. The molecule has 0 saturated carbocycles. The van der Waals surface area contributed by atoms with Crippen LogP contribution in [0.4, 0.5) is 14.5 Å². The highest BCUT2D eigenvalue weighted by Gasteiger charge is 2.32. The molecule has 0 unspecified atom stereocenters. The summed E-state index contributed by atoms with van der Waals surface area (Å²) >= 11 is 1.14. The predicted octanol–water partition coefficient (Wildman–Crippen LogP) is 4.32. The summed E-state index contributed by atoms with van der Waals surface area (Å²) in [5.41, 5.74) is 0.759. The fourth-order valence-electron chi connectivity index (χ4n) is 2.70. The van der Waals surface area contributed by atoms with Gasteiger partial charge in [0.25, 0.3) is 5.91 Å². The Morgan fingerprint density at radius 1 is 1.19 bits per heavy atom. The van der Waals surface area contributed by atoms with Gasteiger partial charge < -0.3 is 9.47 Å². The van der Waals surface area contributed by atoms with Crippen LogP contribution in [0.2, 0.25) is 0 Å². The summed E-state index contributed by atoms with van der Waals surface area (Å²) in [7, 11) is 0. The second-order valence-corrected chi connectivity index (χ2v) is 6.77. The number of halogens is 2. The summed E-state index contributed by atoms with van der Waals surface area (Å²) in [4.78, 5) is 18.8. The number of hydrogen-bond acceptors (Lipinski definition) is 5. The Hall–Kier alpha value is -2.87. The number of likely N-dealkylation sites (N-methyl/N-ethyl adjacent to an activating group) is 1. The number of fused-ring (bicyclic) bond motifs is 1. The van der Waals surface area contributed by atoms with E-state index in [4.69, 9.17) is 9.47 Å². The average molecular weight is 388 g/mol. The highest BCUT2D eigenvalue weighted by molar-refractivity contribution is 8.18. The molecule has 0 aromatic heterocycles. The lowest BCUT2D eigenvalue weighted by Crippen LogP contribution is -2.28. The molecular weight excluding hydrogens is 374 g/mol. The van der Waals surface area contributed by atoms with Crippen LogP contribution in [0.3, 0.4) is 0 Å². The molecule has 4 rings (SSSR count). The molecule has 138 valence electrons. The largest absolute Gasteiger partial charge is 0.454 e. The van der Waals surface area contributed by atoms with Gasteiger partial charge in [-0.05, 0) is 54.6 Å². The van der Waals surface area contributed by atoms with E-state index < -0.39 is 11.6 Å². The van der Waals surface area contributed by atoms with Gasteiger partial charge >= 0.3 is 0 Å². The van der Waals surface area contributed by atoms with Gasteiger partial charge in [-0.1, -0.05) is 6.07 Å². The zero-order chi connectivity index (χ0) is 19.0. The summed E-state index contributed by atoms with van der Waals surface area (Å²) in [5.74, 6) is -0.398. The Balaban J connectivity index is 1.66. The van der Waals surface area contributed by atoms with Crippen molar-refractivity contribution in [2.24, 2.45) is 4.99 Å². The van der Waals surface area contributed by atoms with Crippen molar-refractivity contribution >= 4 is 34.6 Å². The molecule has 2 aromatic rings. The van der Waals surface area contributed by atoms with Crippen LogP contribution in [-0.4, -0.2) is 29.3 Å². The third-order valence-electron chi connectivity index (χ3n) is 4.02. The van der Waals surface area contributed by atoms with Crippen molar-refractivity contribution in [3.8, 4) is 11.5 Å². The molecule has 2 aromatic carbocycles. The van der Waals surface area contributed by atoms with Crippen molar-refractivity contribution in [2.45, 2.75) is 6.92 Å². The van der Waals surface area contributed by atoms with E-state index in [0.29, 0.717) is 28.1 Å². The van der Waals surface area contributed by atoms with E-state index in [0.717, 1.165) is 29.5 Å². The summed E-state index contributed by atoms with van der Waals surface area (Å²) in [5, 5.41) is 0.347. The lowest BCUT2D eigenvalue weighted by molar-refractivity contribution is -0.122. The second-order valence-electron chi connectivity index (χ2n) is 5.76. The van der Waals surface area contributed by atoms with Crippen LogP contribution in [0.25, 0.3) is 6.08 Å². The second kappa shape index (κ2) is 7.03. The third kappa shape index (κ3) is 3.40. The summed E-state index contributed by atoms with van der Waals surface area (Å²) in [6.45, 7) is 2.36. The number of aliphatic imine (C=N–C) groups is 1. The minimum absolute atomic E-state index is 0.0190. The first-order valence-corrected chi connectivity index (χ1v) is 9.01. The van der Waals surface area contributed by atoms with Gasteiger partial charge in [-0.3, -0.25) is 9.69 Å². The molecule has 0 aliphatic carbocycles. The zero-order valence-corrected chi connectivity index (χ0v) is 15.1. The molecule has 2 heterocycles. The lowest BCUT2D eigenvalue weighted by atomic mass is 10.2. The Labute approximate surface area is 158 Å². The average Bonchev–Trinajstić information content (AvgIpc) is 3.22. The van der Waals surface area contributed by atoms with Gasteiger partial charge in [-0.2, -0.15) is 0 Å². The molecule has 5 nitrogen and oxygen atoms in total. The molecule has 0 radical (unpaired) electrons. The van der Waals surface area contributed by atoms with E-state index in [-0.39, 0.29) is 18.4 Å². The smallest absolute Gasteiger partial charge is 0.266 e. The molecular formula is C19H14F2N2O3S. The fourth-order valence-corrected chi connectivity index (χ4v) is 3.75. The highest BCUT2D eigenvalue weighted by atomic mass is 32.2. The minimum Gasteiger partial charge on any atom is -0.454 e. The standard InChI is InChI=1S/C19H14F2N2O3S/c1-2-23-18(24)17(8-11-3-6-15-16(7-11)26-10-25-15)27-19(23)22-14-5-4-12(20)9-13(14)21/h3-9H,2,10H2,1H3/b17-8+,22-19?. The number of benzene rings is 2. The van der Waals surface area contributed by atoms with Crippen LogP contribution in [0.5, 0.6) is 11.5 Å². The molecule has 1 fully saturated rings. The minimum atomic E-state index is -0.778. The number of rotatable bonds is 3. The molecule has 2 aliphatic heterocycles. The third-order valence-corrected chi connectivity index (χ3v) is 5.03. The summed E-state index contributed by atoms with van der Waals surface area (Å²) < 4.78 is 37.6. The SMILES string of the molecule is CCN1C(=O)/C(=C\c2ccc3c(c2)OCO3)SC1=Nc1ccc(F)cc1F. The first-order chi connectivity index (χ1) is 13.0. The lowest BCUT2D eigenvalue weighted by Gasteiger charge is -2.12. The first kappa shape index (κ1) is 17.5. The first-order valence-electron chi connectivity index (χ1n) is 8.20. The van der Waals surface area contributed by atoms with Gasteiger partial charge in [0, 0.05) is 12.6 Å². The Morgan fingerprint density at radius 3 is 2.78 bits per heavy atom. The van der Waals surface area contributed by atoms with Crippen LogP contribution in [-0.2, 0) is 4.79 Å². The van der Waals surface area contributed by atoms with Crippen LogP contribution in [0.15, 0.2) is 46.3 Å². The fraction of sp³-hybridized carbons (Fsp3) is 0.158. The Kier molecular flexibility index (Phi) is 4.57. The van der Waals surface area contributed by atoms with E-state index >= 15 is 0 Å². The topological polar surface area (TPSA) is 51.1 Å². The van der Waals surface area contributed by atoms with Gasteiger partial charge in [-0.15, -0.1) is 0 Å². The number of carbonyl (C=O) groups is 1. The number of hydrogen-bond donors (Lipinski definition) is 0. The van der Waals surface area contributed by atoms with Crippen molar-refractivity contribution in [3.63, 3.8) is 0 Å². The molecule has 0 spiro atoms. The Morgan fingerprint density at radius 2 is 2.00 bits per heavy atom. The van der Waals surface area contributed by atoms with Crippen molar-refractivity contribution in [1.82, 2.24) is 4.90 Å². The van der Waals surface area contributed by atoms with E-state index in [1.807, 2.05) is 6.07 Å². The molecule has 0 atom stereocenters. The van der Waals surface area contributed by atoms with Crippen molar-refractivity contribution in [1.29, 1.82) is 0 Å². The predicted molar refractivity (Wildman–Crippen MR) is 99.0 cm³/mol. The normalized spacial score (nSPS) is 18.8. The van der Waals surface area contributed by atoms with Crippen molar-refractivity contribution < 1.29 is 23.0 Å². The van der Waals surface area contributed by atoms with Crippen LogP contribution in [0.1, 0.15) is 12.5 Å². The maximum atomic E-state index is 13.9. The van der Waals surface area contributed by atoms with Gasteiger partial charge in [0.05, 0.1) is 4.91 Å². The Bertz CT molecular complexity index is 991. The van der Waals surface area contributed by atoms with Crippen LogP contribution >= 0.6 is 11.8 Å². The van der Waals surface area contributed by atoms with E-state index in [1.54, 1.807) is 25.1 Å². The van der Waals surface area contributed by atoms with Crippen LogP contribution < -0.4 is 9.47 Å². The molecule has 0 N–H and O–H groups in total. The molecule has 0 bridgehead atoms. The maximum Gasteiger partial charge on any atom is 0.266 e. The monoisotopic (exact) mass is 388 g/mol. The number of ether oxygens (including phenoxy) is 2. The number of carbonyl (C=O) groups excluding carboxylic acids is 1. The van der Waals surface area contributed by atoms with Gasteiger partial charge in [0.15, 0.2) is 22.5 Å². The van der Waals surface area contributed by atoms with Crippen LogP contribution in [0, 0.1) is 11.6 Å². The summed E-state index contributed by atoms with van der Waals surface area (Å²) in [6, 6.07) is 8.52. The maximum absolute atomic E-state index is 13.9. The summed E-state index contributed by atoms with van der Waals surface area (Å²) in [6.07, 6.45) is 1.72. The molecule has 1 saturated heterocycles. The van der Waals surface area contributed by atoms with Crippen molar-refractivity contribution in [2.75, 3.05) is 13.3 Å². The van der Waals surface area contributed by atoms with Gasteiger partial charge in [-0.25, -0.2) is 13.8 Å². The molecule has 1 amide bonds. The van der Waals surface area contributed by atoms with E-state index in [9.17, 15) is 13.6 Å². The number of amides is 1. The van der Waals surface area contributed by atoms with E-state index in [2.05, 4.69) is 4.99 Å². The van der Waals surface area contributed by atoms with E-state index in [1.165, 1.54) is 11.0 Å². The number of nitrogens with zero attached hydrogens (tertiary/aromatic N) is 2. The van der Waals surface area contributed by atoms with Crippen molar-refractivity contribution in [3.05, 3.63) is 58.5 Å². The quantitative estimate of drug-likeness (QED) is 0.735. The molecule has 2 aliphatic rings. The zero-order valence-electron chi connectivity index (χ0n) is 14.2. The van der Waals surface area contributed by atoms with Gasteiger partial charge in [0.1, 0.15) is 11.5 Å².